The first-order valence-corrected chi connectivity index (χ1v) is 8.28. The van der Waals surface area contributed by atoms with Gasteiger partial charge in [0.05, 0.1) is 11.1 Å². The number of carbonyl (C=O) groups is 1. The number of aryl methyl sites for hydroxylation is 2. The van der Waals surface area contributed by atoms with E-state index in [0.717, 1.165) is 34.0 Å². The summed E-state index contributed by atoms with van der Waals surface area (Å²) in [7, 11) is 1.86. The van der Waals surface area contributed by atoms with Crippen molar-refractivity contribution in [2.45, 2.75) is 19.4 Å². The zero-order valence-corrected chi connectivity index (χ0v) is 13.7. The Hall–Kier alpha value is -2.48. The molecule has 1 fully saturated rings. The topological polar surface area (TPSA) is 75.9 Å². The van der Waals surface area contributed by atoms with Crippen molar-refractivity contribution >= 4 is 39.1 Å². The maximum atomic E-state index is 12.7. The molecule has 8 heteroatoms. The van der Waals surface area contributed by atoms with E-state index in [1.54, 1.807) is 20.9 Å². The summed E-state index contributed by atoms with van der Waals surface area (Å²) < 4.78 is 1.75. The van der Waals surface area contributed by atoms with Crippen molar-refractivity contribution in [1.29, 1.82) is 0 Å². The van der Waals surface area contributed by atoms with E-state index in [4.69, 9.17) is 0 Å². The molecule has 1 amide bonds. The highest BCUT2D eigenvalue weighted by Gasteiger charge is 2.34. The van der Waals surface area contributed by atoms with Crippen LogP contribution in [0.2, 0.25) is 0 Å². The SMILES string of the molecule is Cc1cc(N2CCC(Nc3ncnc4sccc34)C2=O)n(C)n1. The van der Waals surface area contributed by atoms with Crippen LogP contribution in [-0.2, 0) is 11.8 Å². The molecule has 1 aliphatic rings. The summed E-state index contributed by atoms with van der Waals surface area (Å²) in [5, 5.41) is 10.5. The smallest absolute Gasteiger partial charge is 0.250 e. The number of hydrogen-bond donors (Lipinski definition) is 1. The van der Waals surface area contributed by atoms with Gasteiger partial charge in [-0.2, -0.15) is 5.10 Å². The summed E-state index contributed by atoms with van der Waals surface area (Å²) in [5.74, 6) is 1.60. The molecule has 0 aliphatic carbocycles. The monoisotopic (exact) mass is 328 g/mol. The Bertz CT molecular complexity index is 885. The van der Waals surface area contributed by atoms with E-state index < -0.39 is 0 Å². The molecular weight excluding hydrogens is 312 g/mol. The number of rotatable bonds is 3. The van der Waals surface area contributed by atoms with E-state index in [9.17, 15) is 4.79 Å². The number of hydrogen-bond acceptors (Lipinski definition) is 6. The van der Waals surface area contributed by atoms with Gasteiger partial charge in [-0.3, -0.25) is 14.4 Å². The molecule has 0 aromatic carbocycles. The maximum absolute atomic E-state index is 12.7. The van der Waals surface area contributed by atoms with Gasteiger partial charge in [-0.25, -0.2) is 9.97 Å². The Labute approximate surface area is 137 Å². The van der Waals surface area contributed by atoms with Gasteiger partial charge in [-0.15, -0.1) is 11.3 Å². The normalized spacial score (nSPS) is 18.1. The molecule has 1 aliphatic heterocycles. The molecule has 4 heterocycles. The fourth-order valence-electron chi connectivity index (χ4n) is 2.96. The third kappa shape index (κ3) is 2.35. The minimum absolute atomic E-state index is 0.0509. The van der Waals surface area contributed by atoms with E-state index in [1.165, 1.54) is 6.33 Å². The van der Waals surface area contributed by atoms with E-state index in [1.807, 2.05) is 31.5 Å². The van der Waals surface area contributed by atoms with Gasteiger partial charge < -0.3 is 5.32 Å². The number of nitrogens with zero attached hydrogens (tertiary/aromatic N) is 5. The van der Waals surface area contributed by atoms with Crippen LogP contribution in [0, 0.1) is 6.92 Å². The zero-order chi connectivity index (χ0) is 16.0. The molecule has 0 saturated carbocycles. The Morgan fingerprint density at radius 2 is 2.26 bits per heavy atom. The Morgan fingerprint density at radius 3 is 3.04 bits per heavy atom. The third-order valence-corrected chi connectivity index (χ3v) is 4.85. The molecule has 1 N–H and O–H groups in total. The second-order valence-electron chi connectivity index (χ2n) is 5.60. The Morgan fingerprint density at radius 1 is 1.39 bits per heavy atom. The standard InChI is InChI=1S/C15H16N6OS/c1-9-7-12(20(2)19-9)21-5-3-11(15(21)22)18-13-10-4-6-23-14(10)17-8-16-13/h4,6-8,11H,3,5H2,1-2H3,(H,16,17,18). The van der Waals surface area contributed by atoms with E-state index in [2.05, 4.69) is 20.4 Å². The number of carbonyl (C=O) groups excluding carboxylic acids is 1. The lowest BCUT2D eigenvalue weighted by Gasteiger charge is -2.17. The molecule has 118 valence electrons. The summed E-state index contributed by atoms with van der Waals surface area (Å²) in [5.41, 5.74) is 0.905. The van der Waals surface area contributed by atoms with Crippen molar-refractivity contribution in [3.63, 3.8) is 0 Å². The predicted molar refractivity (Wildman–Crippen MR) is 89.7 cm³/mol. The number of nitrogens with one attached hydrogen (secondary N) is 1. The van der Waals surface area contributed by atoms with Crippen LogP contribution in [0.3, 0.4) is 0 Å². The average molecular weight is 328 g/mol. The summed E-state index contributed by atoms with van der Waals surface area (Å²) in [6, 6.07) is 3.63. The number of fused-ring (bicyclic) bond motifs is 1. The second kappa shape index (κ2) is 5.31. The van der Waals surface area contributed by atoms with Gasteiger partial charge in [-0.1, -0.05) is 0 Å². The highest BCUT2D eigenvalue weighted by molar-refractivity contribution is 7.16. The van der Waals surface area contributed by atoms with Crippen LogP contribution in [0.15, 0.2) is 23.8 Å². The predicted octanol–water partition coefficient (Wildman–Crippen LogP) is 1.95. The molecule has 3 aromatic heterocycles. The van der Waals surface area contributed by atoms with Gasteiger partial charge >= 0.3 is 0 Å². The largest absolute Gasteiger partial charge is 0.358 e. The summed E-state index contributed by atoms with van der Waals surface area (Å²) in [6.45, 7) is 2.60. The van der Waals surface area contributed by atoms with Crippen molar-refractivity contribution in [1.82, 2.24) is 19.7 Å². The van der Waals surface area contributed by atoms with Gasteiger partial charge in [0.2, 0.25) is 0 Å². The first-order valence-electron chi connectivity index (χ1n) is 7.40. The molecule has 4 rings (SSSR count). The van der Waals surface area contributed by atoms with Crippen LogP contribution in [0.4, 0.5) is 11.6 Å². The van der Waals surface area contributed by atoms with Crippen LogP contribution in [0.25, 0.3) is 10.2 Å². The molecule has 1 unspecified atom stereocenters. The van der Waals surface area contributed by atoms with Gasteiger partial charge in [0, 0.05) is 19.7 Å². The van der Waals surface area contributed by atoms with E-state index in [0.29, 0.717) is 6.54 Å². The second-order valence-corrected chi connectivity index (χ2v) is 6.50. The van der Waals surface area contributed by atoms with Crippen LogP contribution in [-0.4, -0.2) is 38.2 Å². The summed E-state index contributed by atoms with van der Waals surface area (Å²) >= 11 is 1.56. The van der Waals surface area contributed by atoms with Gasteiger partial charge in [0.25, 0.3) is 5.91 Å². The van der Waals surface area contributed by atoms with E-state index >= 15 is 0 Å². The molecule has 3 aromatic rings. The Balaban J connectivity index is 1.59. The van der Waals surface area contributed by atoms with Crippen LogP contribution in [0.5, 0.6) is 0 Å². The van der Waals surface area contributed by atoms with Crippen molar-refractivity contribution in [3.05, 3.63) is 29.5 Å². The molecule has 1 saturated heterocycles. The highest BCUT2D eigenvalue weighted by Crippen LogP contribution is 2.27. The van der Waals surface area contributed by atoms with Gasteiger partial charge in [-0.05, 0) is 24.8 Å². The van der Waals surface area contributed by atoms with Crippen LogP contribution >= 0.6 is 11.3 Å². The van der Waals surface area contributed by atoms with Crippen LogP contribution in [0.1, 0.15) is 12.1 Å². The maximum Gasteiger partial charge on any atom is 0.250 e. The minimum Gasteiger partial charge on any atom is -0.358 e. The van der Waals surface area contributed by atoms with Crippen LogP contribution < -0.4 is 10.2 Å². The third-order valence-electron chi connectivity index (χ3n) is 4.03. The Kier molecular flexibility index (Phi) is 3.26. The first-order chi connectivity index (χ1) is 11.1. The molecule has 23 heavy (non-hydrogen) atoms. The lowest BCUT2D eigenvalue weighted by molar-refractivity contribution is -0.117. The van der Waals surface area contributed by atoms with Crippen molar-refractivity contribution < 1.29 is 4.79 Å². The number of aromatic nitrogens is 4. The van der Waals surface area contributed by atoms with Crippen molar-refractivity contribution in [2.75, 3.05) is 16.8 Å². The average Bonchev–Trinajstić information content (AvgIpc) is 3.20. The minimum atomic E-state index is -0.275. The molecule has 1 atom stereocenters. The summed E-state index contributed by atoms with van der Waals surface area (Å²) in [4.78, 5) is 24.0. The van der Waals surface area contributed by atoms with E-state index in [-0.39, 0.29) is 11.9 Å². The number of thiophene rings is 1. The first kappa shape index (κ1) is 14.1. The number of amides is 1. The highest BCUT2D eigenvalue weighted by atomic mass is 32.1. The molecule has 0 spiro atoms. The fraction of sp³-hybridized carbons (Fsp3) is 0.333. The quantitative estimate of drug-likeness (QED) is 0.795. The molecule has 0 radical (unpaired) electrons. The van der Waals surface area contributed by atoms with Crippen molar-refractivity contribution in [3.8, 4) is 0 Å². The lowest BCUT2D eigenvalue weighted by Crippen LogP contribution is -2.34. The fourth-order valence-corrected chi connectivity index (χ4v) is 3.69. The summed E-state index contributed by atoms with van der Waals surface area (Å²) in [6.07, 6.45) is 2.27. The molecule has 7 nitrogen and oxygen atoms in total. The van der Waals surface area contributed by atoms with Gasteiger partial charge in [0.1, 0.15) is 28.8 Å². The van der Waals surface area contributed by atoms with Crippen molar-refractivity contribution in [2.24, 2.45) is 7.05 Å². The number of anilines is 2. The molecule has 0 bridgehead atoms. The van der Waals surface area contributed by atoms with Gasteiger partial charge in [0.15, 0.2) is 0 Å². The molecular formula is C15H16N6OS. The zero-order valence-electron chi connectivity index (χ0n) is 12.9. The lowest BCUT2D eigenvalue weighted by atomic mass is 10.2.